The molecule has 104 valence electrons. The summed E-state index contributed by atoms with van der Waals surface area (Å²) in [5.74, 6) is 0.648. The lowest BCUT2D eigenvalue weighted by molar-refractivity contribution is -0.138. The lowest BCUT2D eigenvalue weighted by Gasteiger charge is -2.23. The van der Waals surface area contributed by atoms with Gasteiger partial charge in [0.15, 0.2) is 5.82 Å². The number of carbonyl (C=O) groups is 1. The summed E-state index contributed by atoms with van der Waals surface area (Å²) >= 11 is 0. The van der Waals surface area contributed by atoms with Crippen LogP contribution >= 0.6 is 0 Å². The first-order chi connectivity index (χ1) is 9.66. The summed E-state index contributed by atoms with van der Waals surface area (Å²) in [6.07, 6.45) is 3.09. The highest BCUT2D eigenvalue weighted by Gasteiger charge is 2.33. The molecule has 0 radical (unpaired) electrons. The summed E-state index contributed by atoms with van der Waals surface area (Å²) in [6.45, 7) is 2.40. The smallest absolute Gasteiger partial charge is 0.326 e. The summed E-state index contributed by atoms with van der Waals surface area (Å²) in [5.41, 5.74) is 0.668. The second kappa shape index (κ2) is 4.92. The van der Waals surface area contributed by atoms with Gasteiger partial charge in [0.25, 0.3) is 5.89 Å². The summed E-state index contributed by atoms with van der Waals surface area (Å²) in [5, 5.41) is 13.1. The fourth-order valence-electron chi connectivity index (χ4n) is 2.48. The Morgan fingerprint density at radius 2 is 2.40 bits per heavy atom. The van der Waals surface area contributed by atoms with E-state index in [-0.39, 0.29) is 0 Å². The number of hydrogen-bond donors (Lipinski definition) is 1. The van der Waals surface area contributed by atoms with Crippen molar-refractivity contribution in [3.05, 3.63) is 24.2 Å². The van der Waals surface area contributed by atoms with Gasteiger partial charge in [-0.25, -0.2) is 9.78 Å². The van der Waals surface area contributed by atoms with E-state index in [1.807, 2.05) is 6.07 Å². The van der Waals surface area contributed by atoms with Gasteiger partial charge in [0, 0.05) is 12.7 Å². The van der Waals surface area contributed by atoms with Crippen molar-refractivity contribution >= 4 is 11.8 Å². The van der Waals surface area contributed by atoms with Crippen molar-refractivity contribution in [3.63, 3.8) is 0 Å². The highest BCUT2D eigenvalue weighted by atomic mass is 16.5. The van der Waals surface area contributed by atoms with Gasteiger partial charge in [0.2, 0.25) is 0 Å². The normalized spacial score (nSPS) is 18.4. The number of nitrogens with zero attached hydrogens (tertiary/aromatic N) is 4. The molecule has 20 heavy (non-hydrogen) atoms. The molecule has 0 saturated carbocycles. The number of pyridine rings is 1. The van der Waals surface area contributed by atoms with Crippen molar-refractivity contribution in [1.29, 1.82) is 0 Å². The highest BCUT2D eigenvalue weighted by Crippen LogP contribution is 2.32. The third kappa shape index (κ3) is 2.11. The van der Waals surface area contributed by atoms with Gasteiger partial charge in [-0.3, -0.25) is 0 Å². The van der Waals surface area contributed by atoms with E-state index < -0.39 is 12.0 Å². The minimum atomic E-state index is -0.833. The second-order valence-corrected chi connectivity index (χ2v) is 4.71. The minimum Gasteiger partial charge on any atom is -0.480 e. The van der Waals surface area contributed by atoms with Crippen molar-refractivity contribution < 1.29 is 14.4 Å². The highest BCUT2D eigenvalue weighted by molar-refractivity contribution is 5.81. The first-order valence-corrected chi connectivity index (χ1v) is 6.42. The standard InChI is InChI=1S/C13H14N4O3/c1-8-15-12(20-16-8)9-4-2-6-14-11(9)17-7-3-5-10(17)13(18)19/h2,4,6,10H,3,5,7H2,1H3,(H,18,19). The number of aromatic nitrogens is 3. The monoisotopic (exact) mass is 274 g/mol. The van der Waals surface area contributed by atoms with Crippen LogP contribution in [0.3, 0.4) is 0 Å². The molecular weight excluding hydrogens is 260 g/mol. The van der Waals surface area contributed by atoms with Crippen molar-refractivity contribution in [2.75, 3.05) is 11.4 Å². The molecule has 1 atom stereocenters. The Morgan fingerprint density at radius 3 is 3.10 bits per heavy atom. The Kier molecular flexibility index (Phi) is 3.09. The predicted octanol–water partition coefficient (Wildman–Crippen LogP) is 1.49. The maximum Gasteiger partial charge on any atom is 0.326 e. The molecule has 2 aromatic heterocycles. The Morgan fingerprint density at radius 1 is 1.55 bits per heavy atom. The number of aryl methyl sites for hydroxylation is 1. The van der Waals surface area contributed by atoms with Crippen LogP contribution in [-0.2, 0) is 4.79 Å². The Bertz CT molecular complexity index is 640. The van der Waals surface area contributed by atoms with Crippen LogP contribution in [0.25, 0.3) is 11.5 Å². The zero-order valence-corrected chi connectivity index (χ0v) is 11.0. The SMILES string of the molecule is Cc1noc(-c2cccnc2N2CCCC2C(=O)O)n1. The molecule has 0 spiro atoms. The van der Waals surface area contributed by atoms with E-state index in [1.54, 1.807) is 24.1 Å². The van der Waals surface area contributed by atoms with Crippen molar-refractivity contribution in [2.24, 2.45) is 0 Å². The number of carboxylic acids is 1. The van der Waals surface area contributed by atoms with Crippen LogP contribution in [0.5, 0.6) is 0 Å². The van der Waals surface area contributed by atoms with Gasteiger partial charge in [-0.05, 0) is 31.9 Å². The van der Waals surface area contributed by atoms with E-state index in [9.17, 15) is 9.90 Å². The van der Waals surface area contributed by atoms with Crippen molar-refractivity contribution in [1.82, 2.24) is 15.1 Å². The van der Waals surface area contributed by atoms with Gasteiger partial charge in [-0.15, -0.1) is 0 Å². The Balaban J connectivity index is 2.04. The number of rotatable bonds is 3. The average molecular weight is 274 g/mol. The van der Waals surface area contributed by atoms with Crippen LogP contribution in [0.1, 0.15) is 18.7 Å². The fourth-order valence-corrected chi connectivity index (χ4v) is 2.48. The van der Waals surface area contributed by atoms with E-state index in [1.165, 1.54) is 0 Å². The molecule has 1 saturated heterocycles. The zero-order chi connectivity index (χ0) is 14.1. The molecule has 1 N–H and O–H groups in total. The average Bonchev–Trinajstić information content (AvgIpc) is 3.07. The van der Waals surface area contributed by atoms with Crippen molar-refractivity contribution in [3.8, 4) is 11.5 Å². The first-order valence-electron chi connectivity index (χ1n) is 6.42. The lowest BCUT2D eigenvalue weighted by Crippen LogP contribution is -2.36. The molecule has 2 aromatic rings. The summed E-state index contributed by atoms with van der Waals surface area (Å²) in [4.78, 5) is 21.6. The summed E-state index contributed by atoms with van der Waals surface area (Å²) in [7, 11) is 0. The molecule has 0 bridgehead atoms. The van der Waals surface area contributed by atoms with E-state index in [0.29, 0.717) is 36.1 Å². The predicted molar refractivity (Wildman–Crippen MR) is 70.3 cm³/mol. The largest absolute Gasteiger partial charge is 0.480 e. The lowest BCUT2D eigenvalue weighted by atomic mass is 10.2. The summed E-state index contributed by atoms with van der Waals surface area (Å²) < 4.78 is 5.17. The third-order valence-electron chi connectivity index (χ3n) is 3.35. The quantitative estimate of drug-likeness (QED) is 0.906. The van der Waals surface area contributed by atoms with E-state index in [4.69, 9.17) is 4.52 Å². The first kappa shape index (κ1) is 12.6. The molecule has 1 unspecified atom stereocenters. The van der Waals surface area contributed by atoms with Crippen LogP contribution in [0.15, 0.2) is 22.9 Å². The molecule has 3 rings (SSSR count). The van der Waals surface area contributed by atoms with Crippen LogP contribution in [0, 0.1) is 6.92 Å². The zero-order valence-electron chi connectivity index (χ0n) is 11.0. The third-order valence-corrected chi connectivity index (χ3v) is 3.35. The topological polar surface area (TPSA) is 92.4 Å². The molecule has 0 aromatic carbocycles. The molecule has 7 heteroatoms. The maximum absolute atomic E-state index is 11.3. The number of hydrogen-bond acceptors (Lipinski definition) is 6. The van der Waals surface area contributed by atoms with Gasteiger partial charge in [0.05, 0.1) is 5.56 Å². The Hall–Kier alpha value is -2.44. The van der Waals surface area contributed by atoms with Crippen molar-refractivity contribution in [2.45, 2.75) is 25.8 Å². The van der Waals surface area contributed by atoms with Gasteiger partial charge >= 0.3 is 5.97 Å². The number of anilines is 1. The molecule has 1 aliphatic heterocycles. The van der Waals surface area contributed by atoms with E-state index in [2.05, 4.69) is 15.1 Å². The van der Waals surface area contributed by atoms with Crippen LogP contribution in [-0.4, -0.2) is 38.8 Å². The van der Waals surface area contributed by atoms with Crippen LogP contribution in [0.4, 0.5) is 5.82 Å². The van der Waals surface area contributed by atoms with E-state index in [0.717, 1.165) is 6.42 Å². The molecule has 1 fully saturated rings. The number of aliphatic carboxylic acids is 1. The van der Waals surface area contributed by atoms with Gasteiger partial charge < -0.3 is 14.5 Å². The molecule has 1 aliphatic rings. The molecule has 7 nitrogen and oxygen atoms in total. The Labute approximate surface area is 115 Å². The molecular formula is C13H14N4O3. The fraction of sp³-hybridized carbons (Fsp3) is 0.385. The number of carboxylic acid groups (broad SMARTS) is 1. The molecule has 0 amide bonds. The van der Waals surface area contributed by atoms with Crippen LogP contribution < -0.4 is 4.90 Å². The second-order valence-electron chi connectivity index (χ2n) is 4.71. The molecule has 0 aliphatic carbocycles. The maximum atomic E-state index is 11.3. The molecule has 3 heterocycles. The van der Waals surface area contributed by atoms with Crippen LogP contribution in [0.2, 0.25) is 0 Å². The van der Waals surface area contributed by atoms with E-state index >= 15 is 0 Å². The van der Waals surface area contributed by atoms with Gasteiger partial charge in [-0.1, -0.05) is 5.16 Å². The summed E-state index contributed by atoms with van der Waals surface area (Å²) in [6, 6.07) is 3.03. The minimum absolute atomic E-state index is 0.363. The van der Waals surface area contributed by atoms with Gasteiger partial charge in [-0.2, -0.15) is 4.98 Å². The van der Waals surface area contributed by atoms with Gasteiger partial charge in [0.1, 0.15) is 11.9 Å².